The summed E-state index contributed by atoms with van der Waals surface area (Å²) >= 11 is 0. The first-order valence-corrected chi connectivity index (χ1v) is 8.97. The Morgan fingerprint density at radius 2 is 1.88 bits per heavy atom. The fourth-order valence-electron chi connectivity index (χ4n) is 5.86. The first-order chi connectivity index (χ1) is 12.1. The molecule has 5 atom stereocenters. The Bertz CT molecular complexity index is 659. The van der Waals surface area contributed by atoms with E-state index < -0.39 is 47.7 Å². The smallest absolute Gasteiger partial charge is 0.377 e. The molecule has 2 aliphatic heterocycles. The third-order valence-electron chi connectivity index (χ3n) is 6.62. The molecule has 1 spiro atoms. The van der Waals surface area contributed by atoms with Gasteiger partial charge in [0.1, 0.15) is 5.60 Å². The SMILES string of the molecule is CC(F)(F)C(=O)OC12CC3CC(C1)C1(OC4C(=O)OC(O)C4O1)C(C3)C2. The zero-order chi connectivity index (χ0) is 18.5. The molecule has 0 aromatic heterocycles. The summed E-state index contributed by atoms with van der Waals surface area (Å²) in [5, 5.41) is 9.87. The number of esters is 2. The van der Waals surface area contributed by atoms with Crippen molar-refractivity contribution < 1.29 is 42.4 Å². The van der Waals surface area contributed by atoms with Crippen LogP contribution in [0.4, 0.5) is 8.78 Å². The zero-order valence-corrected chi connectivity index (χ0v) is 14.2. The summed E-state index contributed by atoms with van der Waals surface area (Å²) in [5.74, 6) is -6.86. The van der Waals surface area contributed by atoms with Crippen LogP contribution in [0.2, 0.25) is 0 Å². The maximum Gasteiger partial charge on any atom is 0.377 e. The fraction of sp³-hybridized carbons (Fsp3) is 0.882. The summed E-state index contributed by atoms with van der Waals surface area (Å²) in [6, 6.07) is 0. The predicted molar refractivity (Wildman–Crippen MR) is 77.6 cm³/mol. The van der Waals surface area contributed by atoms with Crippen LogP contribution in [-0.4, -0.2) is 52.9 Å². The molecule has 0 amide bonds. The summed E-state index contributed by atoms with van der Waals surface area (Å²) in [7, 11) is 0. The fourth-order valence-corrected chi connectivity index (χ4v) is 5.86. The normalized spacial score (nSPS) is 51.6. The van der Waals surface area contributed by atoms with Crippen LogP contribution in [0.5, 0.6) is 0 Å². The summed E-state index contributed by atoms with van der Waals surface area (Å²) in [4.78, 5) is 23.6. The molecule has 2 heterocycles. The minimum Gasteiger partial charge on any atom is -0.455 e. The van der Waals surface area contributed by atoms with E-state index in [0.29, 0.717) is 26.2 Å². The van der Waals surface area contributed by atoms with Gasteiger partial charge in [0.25, 0.3) is 0 Å². The molecule has 6 rings (SSSR count). The van der Waals surface area contributed by atoms with Crippen LogP contribution in [0.25, 0.3) is 0 Å². The molecule has 9 heteroatoms. The van der Waals surface area contributed by atoms with E-state index in [1.807, 2.05) is 0 Å². The molecule has 1 N–H and O–H groups in total. The van der Waals surface area contributed by atoms with Crippen LogP contribution >= 0.6 is 0 Å². The molecule has 144 valence electrons. The van der Waals surface area contributed by atoms with Crippen molar-refractivity contribution in [2.24, 2.45) is 17.8 Å². The van der Waals surface area contributed by atoms with E-state index in [1.165, 1.54) is 0 Å². The Labute approximate surface area is 147 Å². The molecule has 4 saturated carbocycles. The quantitative estimate of drug-likeness (QED) is 0.724. The van der Waals surface area contributed by atoms with Crippen LogP contribution < -0.4 is 0 Å². The van der Waals surface area contributed by atoms with E-state index in [-0.39, 0.29) is 17.8 Å². The molecule has 0 radical (unpaired) electrons. The summed E-state index contributed by atoms with van der Waals surface area (Å²) in [6.07, 6.45) is -0.436. The molecule has 6 fully saturated rings. The van der Waals surface area contributed by atoms with Crippen molar-refractivity contribution in [1.29, 1.82) is 0 Å². The van der Waals surface area contributed by atoms with Gasteiger partial charge in [-0.25, -0.2) is 9.59 Å². The Kier molecular flexibility index (Phi) is 3.19. The van der Waals surface area contributed by atoms with Gasteiger partial charge >= 0.3 is 17.9 Å². The second kappa shape index (κ2) is 4.94. The molecule has 6 aliphatic rings. The molecule has 26 heavy (non-hydrogen) atoms. The molecule has 2 saturated heterocycles. The van der Waals surface area contributed by atoms with E-state index in [9.17, 15) is 23.5 Å². The lowest BCUT2D eigenvalue weighted by molar-refractivity contribution is -0.334. The van der Waals surface area contributed by atoms with Gasteiger partial charge in [0.15, 0.2) is 18.0 Å². The number of ether oxygens (including phenoxy) is 4. The Balaban J connectivity index is 1.42. The third kappa shape index (κ3) is 2.13. The van der Waals surface area contributed by atoms with Gasteiger partial charge in [0, 0.05) is 18.8 Å². The number of fused-ring (bicyclic) bond motifs is 1. The molecular weight excluding hydrogens is 354 g/mol. The molecule has 4 aliphatic carbocycles. The van der Waals surface area contributed by atoms with E-state index in [2.05, 4.69) is 0 Å². The minimum atomic E-state index is -3.54. The van der Waals surface area contributed by atoms with Crippen LogP contribution in [0.3, 0.4) is 0 Å². The highest BCUT2D eigenvalue weighted by Crippen LogP contribution is 2.65. The first-order valence-electron chi connectivity index (χ1n) is 8.97. The highest BCUT2D eigenvalue weighted by atomic mass is 19.3. The molecule has 7 nitrogen and oxygen atoms in total. The van der Waals surface area contributed by atoms with Crippen LogP contribution in [0.15, 0.2) is 0 Å². The maximum absolute atomic E-state index is 13.3. The number of aliphatic hydroxyl groups excluding tert-OH is 1. The number of carbonyl (C=O) groups excluding carboxylic acids is 2. The van der Waals surface area contributed by atoms with Crippen molar-refractivity contribution in [1.82, 2.24) is 0 Å². The number of carbonyl (C=O) groups is 2. The average molecular weight is 374 g/mol. The largest absolute Gasteiger partial charge is 0.455 e. The van der Waals surface area contributed by atoms with Crippen molar-refractivity contribution in [2.75, 3.05) is 0 Å². The molecule has 0 aromatic rings. The summed E-state index contributed by atoms with van der Waals surface area (Å²) in [6.45, 7) is 0.536. The predicted octanol–water partition coefficient (Wildman–Crippen LogP) is 1.12. The standard InChI is InChI=1S/C17H20F2O7/c1-15(18,19)14(22)26-16-4-7-2-8(5-16)17(9(3-7)6-16)24-10-11(25-17)13(21)23-12(10)20/h7-12,20H,2-6H2,1H3. The van der Waals surface area contributed by atoms with Crippen LogP contribution in [-0.2, 0) is 28.5 Å². The highest BCUT2D eigenvalue weighted by molar-refractivity contribution is 5.78. The number of alkyl halides is 2. The zero-order valence-electron chi connectivity index (χ0n) is 14.2. The Morgan fingerprint density at radius 1 is 1.23 bits per heavy atom. The van der Waals surface area contributed by atoms with E-state index >= 15 is 0 Å². The van der Waals surface area contributed by atoms with E-state index in [0.717, 1.165) is 12.8 Å². The number of hydrogen-bond acceptors (Lipinski definition) is 7. The lowest BCUT2D eigenvalue weighted by Gasteiger charge is -2.62. The number of aliphatic hydroxyl groups is 1. The molecular formula is C17H20F2O7. The third-order valence-corrected chi connectivity index (χ3v) is 6.62. The summed E-state index contributed by atoms with van der Waals surface area (Å²) in [5.41, 5.74) is -0.929. The van der Waals surface area contributed by atoms with Gasteiger partial charge in [-0.3, -0.25) is 0 Å². The topological polar surface area (TPSA) is 91.3 Å². The lowest BCUT2D eigenvalue weighted by Crippen LogP contribution is -2.66. The van der Waals surface area contributed by atoms with Crippen molar-refractivity contribution in [2.45, 2.75) is 74.8 Å². The van der Waals surface area contributed by atoms with Gasteiger partial charge in [0.2, 0.25) is 6.29 Å². The van der Waals surface area contributed by atoms with Crippen molar-refractivity contribution in [3.63, 3.8) is 0 Å². The highest BCUT2D eigenvalue weighted by Gasteiger charge is 2.71. The molecule has 4 bridgehead atoms. The lowest BCUT2D eigenvalue weighted by atomic mass is 9.51. The number of hydrogen-bond donors (Lipinski definition) is 1. The second-order valence-corrected chi connectivity index (χ2v) is 8.47. The van der Waals surface area contributed by atoms with Gasteiger partial charge in [-0.15, -0.1) is 0 Å². The minimum absolute atomic E-state index is 0.183. The van der Waals surface area contributed by atoms with Gasteiger partial charge in [-0.1, -0.05) is 0 Å². The average Bonchev–Trinajstić information content (AvgIpc) is 3.03. The van der Waals surface area contributed by atoms with Gasteiger partial charge in [-0.2, -0.15) is 8.78 Å². The Hall–Kier alpha value is -1.32. The number of rotatable bonds is 2. The van der Waals surface area contributed by atoms with Gasteiger partial charge in [0.05, 0.1) is 0 Å². The van der Waals surface area contributed by atoms with Crippen molar-refractivity contribution >= 4 is 11.9 Å². The first kappa shape index (κ1) is 16.8. The number of halogens is 2. The van der Waals surface area contributed by atoms with E-state index in [1.54, 1.807) is 0 Å². The molecule has 5 unspecified atom stereocenters. The van der Waals surface area contributed by atoms with Crippen molar-refractivity contribution in [3.8, 4) is 0 Å². The maximum atomic E-state index is 13.3. The summed E-state index contributed by atoms with van der Waals surface area (Å²) < 4.78 is 48.8. The van der Waals surface area contributed by atoms with Crippen LogP contribution in [0, 0.1) is 17.8 Å². The molecule has 0 aromatic carbocycles. The van der Waals surface area contributed by atoms with E-state index in [4.69, 9.17) is 18.9 Å². The van der Waals surface area contributed by atoms with Crippen molar-refractivity contribution in [3.05, 3.63) is 0 Å². The monoisotopic (exact) mass is 374 g/mol. The van der Waals surface area contributed by atoms with Gasteiger partial charge in [-0.05, 0) is 38.0 Å². The second-order valence-electron chi connectivity index (χ2n) is 8.47. The van der Waals surface area contributed by atoms with Crippen LogP contribution in [0.1, 0.15) is 39.0 Å². The number of cyclic esters (lactones) is 1. The van der Waals surface area contributed by atoms with Gasteiger partial charge < -0.3 is 24.1 Å². The Morgan fingerprint density at radius 3 is 2.46 bits per heavy atom.